The molecule has 0 amide bonds. The molecule has 0 spiro atoms. The number of benzene rings is 1. The quantitative estimate of drug-likeness (QED) is 0.312. The average molecular weight is 451 g/mol. The normalized spacial score (nSPS) is 11.8. The molecule has 0 aliphatic carbocycles. The number of thioether (sulfide) groups is 1. The Balaban J connectivity index is 1.58. The summed E-state index contributed by atoms with van der Waals surface area (Å²) in [6, 6.07) is 7.82. The number of fused-ring (bicyclic) bond motifs is 4. The van der Waals surface area contributed by atoms with Gasteiger partial charge in [0, 0.05) is 19.0 Å². The first-order valence-corrected chi connectivity index (χ1v) is 11.4. The van der Waals surface area contributed by atoms with Gasteiger partial charge in [0.05, 0.1) is 11.3 Å². The Hall–Kier alpha value is -3.47. The van der Waals surface area contributed by atoms with Crippen LogP contribution in [0.4, 0.5) is 0 Å². The summed E-state index contributed by atoms with van der Waals surface area (Å²) in [5, 5.41) is 6.13. The molecule has 1 N–H and O–H groups in total. The molecule has 0 saturated carbocycles. The highest BCUT2D eigenvalue weighted by Crippen LogP contribution is 2.26. The number of aromatic amines is 1. The summed E-state index contributed by atoms with van der Waals surface area (Å²) in [5.74, 6) is 1.79. The molecular weight excluding hydrogens is 428 g/mol. The zero-order chi connectivity index (χ0) is 22.4. The maximum atomic E-state index is 12.5. The lowest BCUT2D eigenvalue weighted by Gasteiger charge is -2.06. The maximum absolute atomic E-state index is 12.5. The van der Waals surface area contributed by atoms with Gasteiger partial charge >= 0.3 is 5.69 Å². The minimum Gasteiger partial charge on any atom is -0.325 e. The van der Waals surface area contributed by atoms with Crippen LogP contribution in [-0.2, 0) is 19.3 Å². The minimum absolute atomic E-state index is 0.393. The van der Waals surface area contributed by atoms with Crippen LogP contribution in [-0.4, -0.2) is 38.7 Å². The number of H-pyrrole nitrogens is 1. The molecule has 4 aromatic heterocycles. The molecule has 1 aromatic carbocycles. The van der Waals surface area contributed by atoms with Crippen LogP contribution in [0.2, 0.25) is 0 Å². The lowest BCUT2D eigenvalue weighted by atomic mass is 10.2. The molecule has 4 heterocycles. The zero-order valence-electron chi connectivity index (χ0n) is 18.0. The standard InChI is InChI=1S/C21H22N8O2S/c1-4-5-10-28-18-16(19(30)25-20(28)31)27(3)15(24-18)11-32-21-23-14-9-7-6-8-13(14)17-22-12(2)26-29(17)21/h6-9H,4-5,10-11H2,1-3H3,(H,25,30,31). The van der Waals surface area contributed by atoms with Gasteiger partial charge in [-0.15, -0.1) is 5.10 Å². The number of hydrogen-bond acceptors (Lipinski definition) is 7. The third-order valence-corrected chi connectivity index (χ3v) is 6.35. The number of para-hydroxylation sites is 1. The zero-order valence-corrected chi connectivity index (χ0v) is 18.8. The second-order valence-electron chi connectivity index (χ2n) is 7.62. The first-order chi connectivity index (χ1) is 15.5. The summed E-state index contributed by atoms with van der Waals surface area (Å²) in [5.41, 5.74) is 1.55. The second kappa shape index (κ2) is 7.90. The van der Waals surface area contributed by atoms with Gasteiger partial charge in [-0.3, -0.25) is 14.3 Å². The minimum atomic E-state index is -0.429. The second-order valence-corrected chi connectivity index (χ2v) is 8.56. The highest BCUT2D eigenvalue weighted by atomic mass is 32.2. The average Bonchev–Trinajstić information content (AvgIpc) is 3.32. The van der Waals surface area contributed by atoms with E-state index in [1.165, 1.54) is 11.8 Å². The van der Waals surface area contributed by atoms with Crippen LogP contribution in [0.25, 0.3) is 27.7 Å². The van der Waals surface area contributed by atoms with E-state index in [1.807, 2.05) is 31.2 Å². The van der Waals surface area contributed by atoms with Crippen LogP contribution in [0.15, 0.2) is 39.0 Å². The summed E-state index contributed by atoms with van der Waals surface area (Å²) < 4.78 is 5.03. The van der Waals surface area contributed by atoms with E-state index in [1.54, 1.807) is 20.7 Å². The molecule has 0 unspecified atom stereocenters. The fraction of sp³-hybridized carbons (Fsp3) is 0.333. The van der Waals surface area contributed by atoms with Gasteiger partial charge < -0.3 is 4.57 Å². The Kier molecular flexibility index (Phi) is 5.04. The van der Waals surface area contributed by atoms with Gasteiger partial charge in [0.2, 0.25) is 0 Å². The maximum Gasteiger partial charge on any atom is 0.330 e. The smallest absolute Gasteiger partial charge is 0.325 e. The number of unbranched alkanes of at least 4 members (excludes halogenated alkanes) is 1. The summed E-state index contributed by atoms with van der Waals surface area (Å²) in [6.45, 7) is 4.42. The van der Waals surface area contributed by atoms with Crippen molar-refractivity contribution >= 4 is 39.5 Å². The summed E-state index contributed by atoms with van der Waals surface area (Å²) in [7, 11) is 1.79. The van der Waals surface area contributed by atoms with Gasteiger partial charge in [-0.2, -0.15) is 4.52 Å². The summed E-state index contributed by atoms with van der Waals surface area (Å²) in [4.78, 5) is 41.3. The van der Waals surface area contributed by atoms with Gasteiger partial charge in [0.1, 0.15) is 11.6 Å². The molecule has 0 bridgehead atoms. The molecule has 10 nitrogen and oxygen atoms in total. The third kappa shape index (κ3) is 3.29. The molecule has 0 radical (unpaired) electrons. The first-order valence-electron chi connectivity index (χ1n) is 10.4. The van der Waals surface area contributed by atoms with Gasteiger partial charge in [-0.05, 0) is 25.5 Å². The van der Waals surface area contributed by atoms with Gasteiger partial charge in [-0.1, -0.05) is 37.2 Å². The number of aryl methyl sites for hydroxylation is 3. The summed E-state index contributed by atoms with van der Waals surface area (Å²) in [6.07, 6.45) is 1.76. The molecule has 11 heteroatoms. The van der Waals surface area contributed by atoms with Crippen molar-refractivity contribution in [2.75, 3.05) is 0 Å². The number of hydrogen-bond donors (Lipinski definition) is 1. The molecule has 32 heavy (non-hydrogen) atoms. The molecule has 0 aliphatic heterocycles. The van der Waals surface area contributed by atoms with E-state index in [0.717, 1.165) is 29.4 Å². The summed E-state index contributed by atoms with van der Waals surface area (Å²) >= 11 is 1.46. The highest BCUT2D eigenvalue weighted by Gasteiger charge is 2.18. The highest BCUT2D eigenvalue weighted by molar-refractivity contribution is 7.98. The van der Waals surface area contributed by atoms with E-state index in [-0.39, 0.29) is 0 Å². The largest absolute Gasteiger partial charge is 0.330 e. The molecule has 5 aromatic rings. The predicted octanol–water partition coefficient (Wildman–Crippen LogP) is 2.42. The van der Waals surface area contributed by atoms with E-state index >= 15 is 0 Å². The Morgan fingerprint density at radius 1 is 1.09 bits per heavy atom. The van der Waals surface area contributed by atoms with Crippen LogP contribution in [0, 0.1) is 6.92 Å². The number of nitrogens with zero attached hydrogens (tertiary/aromatic N) is 7. The fourth-order valence-electron chi connectivity index (χ4n) is 3.80. The number of imidazole rings is 1. The van der Waals surface area contributed by atoms with E-state index in [9.17, 15) is 9.59 Å². The molecular formula is C21H22N8O2S. The van der Waals surface area contributed by atoms with Crippen LogP contribution >= 0.6 is 11.8 Å². The molecule has 0 fully saturated rings. The van der Waals surface area contributed by atoms with Crippen LogP contribution in [0.5, 0.6) is 0 Å². The Labute approximate surface area is 186 Å². The molecule has 0 aliphatic rings. The van der Waals surface area contributed by atoms with E-state index < -0.39 is 11.2 Å². The van der Waals surface area contributed by atoms with Crippen molar-refractivity contribution in [1.82, 2.24) is 38.7 Å². The van der Waals surface area contributed by atoms with Crippen molar-refractivity contribution in [3.63, 3.8) is 0 Å². The number of rotatable bonds is 6. The van der Waals surface area contributed by atoms with E-state index in [2.05, 4.69) is 27.0 Å². The van der Waals surface area contributed by atoms with Crippen molar-refractivity contribution in [3.05, 3.63) is 56.8 Å². The Bertz CT molecular complexity index is 1590. The molecule has 0 atom stereocenters. The fourth-order valence-corrected chi connectivity index (χ4v) is 4.73. The van der Waals surface area contributed by atoms with E-state index in [0.29, 0.717) is 40.3 Å². The van der Waals surface area contributed by atoms with Crippen molar-refractivity contribution < 1.29 is 0 Å². The van der Waals surface area contributed by atoms with Crippen LogP contribution in [0.3, 0.4) is 0 Å². The molecule has 0 saturated heterocycles. The lowest BCUT2D eigenvalue weighted by molar-refractivity contribution is 0.613. The van der Waals surface area contributed by atoms with Gasteiger partial charge in [0.25, 0.3) is 5.56 Å². The molecule has 164 valence electrons. The van der Waals surface area contributed by atoms with Crippen molar-refractivity contribution in [1.29, 1.82) is 0 Å². The number of nitrogens with one attached hydrogen (secondary N) is 1. The van der Waals surface area contributed by atoms with Crippen molar-refractivity contribution in [2.45, 2.75) is 44.1 Å². The Morgan fingerprint density at radius 2 is 1.91 bits per heavy atom. The Morgan fingerprint density at radius 3 is 2.72 bits per heavy atom. The van der Waals surface area contributed by atoms with Crippen LogP contribution < -0.4 is 11.2 Å². The molecule has 5 rings (SSSR count). The predicted molar refractivity (Wildman–Crippen MR) is 123 cm³/mol. The monoisotopic (exact) mass is 450 g/mol. The van der Waals surface area contributed by atoms with Crippen molar-refractivity contribution in [3.8, 4) is 0 Å². The SMILES string of the molecule is CCCCn1c(=O)[nH]c(=O)c2c1nc(CSc1nc3ccccc3c3nc(C)nn13)n2C. The van der Waals surface area contributed by atoms with Crippen molar-refractivity contribution in [2.24, 2.45) is 7.05 Å². The van der Waals surface area contributed by atoms with E-state index in [4.69, 9.17) is 4.98 Å². The van der Waals surface area contributed by atoms with Gasteiger partial charge in [-0.25, -0.2) is 19.7 Å². The topological polar surface area (TPSA) is 116 Å². The third-order valence-electron chi connectivity index (χ3n) is 5.43. The van der Waals surface area contributed by atoms with Crippen LogP contribution in [0.1, 0.15) is 31.4 Å². The van der Waals surface area contributed by atoms with Gasteiger partial charge in [0.15, 0.2) is 22.0 Å². The first kappa shape index (κ1) is 20.4. The number of aromatic nitrogens is 8. The lowest BCUT2D eigenvalue weighted by Crippen LogP contribution is -2.31.